The van der Waals surface area contributed by atoms with Crippen LogP contribution in [0.1, 0.15) is 33.6 Å². The fourth-order valence-electron chi connectivity index (χ4n) is 1.26. The molecule has 0 radical (unpaired) electrons. The highest BCUT2D eigenvalue weighted by atomic mass is 16.5. The van der Waals surface area contributed by atoms with Crippen LogP contribution in [0.25, 0.3) is 0 Å². The van der Waals surface area contributed by atoms with E-state index in [0.717, 1.165) is 12.8 Å². The Morgan fingerprint density at radius 1 is 1.00 bits per heavy atom. The molecule has 4 nitrogen and oxygen atoms in total. The Labute approximate surface area is 109 Å². The topological polar surface area (TPSA) is 52.6 Å². The summed E-state index contributed by atoms with van der Waals surface area (Å²) in [7, 11) is 0. The first-order chi connectivity index (χ1) is 8.38. The van der Waals surface area contributed by atoms with Crippen LogP contribution in [-0.4, -0.2) is 25.2 Å². The molecule has 0 amide bonds. The summed E-state index contributed by atoms with van der Waals surface area (Å²) in [6, 6.07) is 0. The zero-order chi connectivity index (χ0) is 14.1. The second-order valence-corrected chi connectivity index (χ2v) is 4.41. The Morgan fingerprint density at radius 2 is 1.39 bits per heavy atom. The summed E-state index contributed by atoms with van der Waals surface area (Å²) < 4.78 is 10.1. The van der Waals surface area contributed by atoms with Crippen molar-refractivity contribution in [3.63, 3.8) is 0 Å². The van der Waals surface area contributed by atoms with E-state index in [1.807, 2.05) is 6.92 Å². The van der Waals surface area contributed by atoms with Gasteiger partial charge in [0, 0.05) is 17.1 Å². The van der Waals surface area contributed by atoms with Crippen LogP contribution in [0.5, 0.6) is 0 Å². The SMILES string of the molecule is C=C(C)C(=O)OCC(CCC)COC(=O)C(=C)C. The number of carbonyl (C=O) groups is 2. The van der Waals surface area contributed by atoms with Crippen molar-refractivity contribution in [3.8, 4) is 0 Å². The van der Waals surface area contributed by atoms with Crippen molar-refractivity contribution in [2.45, 2.75) is 33.6 Å². The molecule has 18 heavy (non-hydrogen) atoms. The van der Waals surface area contributed by atoms with Gasteiger partial charge in [-0.25, -0.2) is 9.59 Å². The van der Waals surface area contributed by atoms with E-state index in [1.165, 1.54) is 0 Å². The van der Waals surface area contributed by atoms with Crippen LogP contribution in [0.3, 0.4) is 0 Å². The molecule has 0 aromatic heterocycles. The van der Waals surface area contributed by atoms with Crippen LogP contribution in [0.15, 0.2) is 24.3 Å². The predicted octanol–water partition coefficient (Wildman–Crippen LogP) is 2.64. The van der Waals surface area contributed by atoms with Gasteiger partial charge in [-0.3, -0.25) is 0 Å². The highest BCUT2D eigenvalue weighted by molar-refractivity contribution is 5.87. The molecule has 0 bridgehead atoms. The molecule has 0 atom stereocenters. The predicted molar refractivity (Wildman–Crippen MR) is 69.9 cm³/mol. The summed E-state index contributed by atoms with van der Waals surface area (Å²) in [5, 5.41) is 0. The molecule has 0 heterocycles. The van der Waals surface area contributed by atoms with Crippen molar-refractivity contribution in [2.75, 3.05) is 13.2 Å². The molecule has 102 valence electrons. The lowest BCUT2D eigenvalue weighted by Crippen LogP contribution is -2.21. The number of hydrogen-bond donors (Lipinski definition) is 0. The molecule has 0 aliphatic rings. The first-order valence-corrected chi connectivity index (χ1v) is 6.03. The molecule has 0 aromatic carbocycles. The van der Waals surface area contributed by atoms with E-state index < -0.39 is 11.9 Å². The minimum atomic E-state index is -0.415. The molecule has 0 unspecified atom stereocenters. The van der Waals surface area contributed by atoms with Gasteiger partial charge in [-0.2, -0.15) is 0 Å². The van der Waals surface area contributed by atoms with E-state index in [4.69, 9.17) is 9.47 Å². The second kappa shape index (κ2) is 8.50. The Hall–Kier alpha value is -1.58. The van der Waals surface area contributed by atoms with Gasteiger partial charge in [0.25, 0.3) is 0 Å². The molecule has 0 aromatic rings. The van der Waals surface area contributed by atoms with Crippen molar-refractivity contribution in [1.82, 2.24) is 0 Å². The third-order valence-corrected chi connectivity index (χ3v) is 2.29. The van der Waals surface area contributed by atoms with Gasteiger partial charge >= 0.3 is 11.9 Å². The third kappa shape index (κ3) is 6.89. The smallest absolute Gasteiger partial charge is 0.333 e. The lowest BCUT2D eigenvalue weighted by Gasteiger charge is -2.16. The zero-order valence-electron chi connectivity index (χ0n) is 11.5. The average molecular weight is 254 g/mol. The van der Waals surface area contributed by atoms with Crippen molar-refractivity contribution in [1.29, 1.82) is 0 Å². The van der Waals surface area contributed by atoms with Crippen LogP contribution < -0.4 is 0 Å². The maximum Gasteiger partial charge on any atom is 0.333 e. The highest BCUT2D eigenvalue weighted by Gasteiger charge is 2.14. The van der Waals surface area contributed by atoms with Gasteiger partial charge in [0.15, 0.2) is 0 Å². The lowest BCUT2D eigenvalue weighted by molar-refractivity contribution is -0.144. The number of hydrogen-bond acceptors (Lipinski definition) is 4. The standard InChI is InChI=1S/C14H22O4/c1-6-7-12(8-17-13(15)10(2)3)9-18-14(16)11(4)5/h12H,2,4,6-9H2,1,3,5H3. The van der Waals surface area contributed by atoms with Gasteiger partial charge < -0.3 is 9.47 Å². The summed E-state index contributed by atoms with van der Waals surface area (Å²) in [6.45, 7) is 12.7. The lowest BCUT2D eigenvalue weighted by atomic mass is 10.1. The molecule has 0 aliphatic carbocycles. The largest absolute Gasteiger partial charge is 0.462 e. The van der Waals surface area contributed by atoms with Crippen LogP contribution in [0, 0.1) is 5.92 Å². The molecular formula is C14H22O4. The van der Waals surface area contributed by atoms with E-state index in [9.17, 15) is 9.59 Å². The van der Waals surface area contributed by atoms with Crippen molar-refractivity contribution >= 4 is 11.9 Å². The fourth-order valence-corrected chi connectivity index (χ4v) is 1.26. The Morgan fingerprint density at radius 3 is 1.67 bits per heavy atom. The molecule has 4 heteroatoms. The van der Waals surface area contributed by atoms with Crippen LogP contribution in [-0.2, 0) is 19.1 Å². The van der Waals surface area contributed by atoms with Crippen molar-refractivity contribution < 1.29 is 19.1 Å². The van der Waals surface area contributed by atoms with Gasteiger partial charge in [0.05, 0.1) is 13.2 Å². The Kier molecular flexibility index (Phi) is 7.76. The summed E-state index contributed by atoms with van der Waals surface area (Å²) in [5.41, 5.74) is 0.730. The number of rotatable bonds is 8. The van der Waals surface area contributed by atoms with E-state index >= 15 is 0 Å². The monoisotopic (exact) mass is 254 g/mol. The van der Waals surface area contributed by atoms with E-state index in [0.29, 0.717) is 11.1 Å². The normalized spacial score (nSPS) is 10.0. The minimum absolute atomic E-state index is 0.0154. The first kappa shape index (κ1) is 16.4. The van der Waals surface area contributed by atoms with Gasteiger partial charge in [0.1, 0.15) is 0 Å². The fraction of sp³-hybridized carbons (Fsp3) is 0.571. The minimum Gasteiger partial charge on any atom is -0.462 e. The highest BCUT2D eigenvalue weighted by Crippen LogP contribution is 2.10. The summed E-state index contributed by atoms with van der Waals surface area (Å²) >= 11 is 0. The average Bonchev–Trinajstić information content (AvgIpc) is 2.31. The molecule has 0 saturated heterocycles. The van der Waals surface area contributed by atoms with Gasteiger partial charge in [-0.05, 0) is 20.3 Å². The van der Waals surface area contributed by atoms with E-state index in [2.05, 4.69) is 13.2 Å². The number of carbonyl (C=O) groups excluding carboxylic acids is 2. The first-order valence-electron chi connectivity index (χ1n) is 6.03. The van der Waals surface area contributed by atoms with Gasteiger partial charge in [0.2, 0.25) is 0 Å². The van der Waals surface area contributed by atoms with E-state index in [1.54, 1.807) is 13.8 Å². The molecule has 0 rings (SSSR count). The molecular weight excluding hydrogens is 232 g/mol. The quantitative estimate of drug-likeness (QED) is 0.493. The zero-order valence-corrected chi connectivity index (χ0v) is 11.5. The van der Waals surface area contributed by atoms with Crippen LogP contribution in [0.2, 0.25) is 0 Å². The van der Waals surface area contributed by atoms with Crippen LogP contribution >= 0.6 is 0 Å². The van der Waals surface area contributed by atoms with Gasteiger partial charge in [-0.1, -0.05) is 26.5 Å². The maximum atomic E-state index is 11.3. The summed E-state index contributed by atoms with van der Waals surface area (Å²) in [6.07, 6.45) is 1.76. The number of esters is 2. The Balaban J connectivity index is 4.14. The van der Waals surface area contributed by atoms with Crippen molar-refractivity contribution in [2.24, 2.45) is 5.92 Å². The molecule has 0 fully saturated rings. The molecule has 0 N–H and O–H groups in total. The van der Waals surface area contributed by atoms with E-state index in [-0.39, 0.29) is 19.1 Å². The second-order valence-electron chi connectivity index (χ2n) is 4.41. The molecule has 0 aliphatic heterocycles. The summed E-state index contributed by atoms with van der Waals surface area (Å²) in [5.74, 6) is -0.814. The summed E-state index contributed by atoms with van der Waals surface area (Å²) in [4.78, 5) is 22.5. The maximum absolute atomic E-state index is 11.3. The Bertz CT molecular complexity index is 301. The third-order valence-electron chi connectivity index (χ3n) is 2.29. The molecule has 0 spiro atoms. The van der Waals surface area contributed by atoms with Gasteiger partial charge in [-0.15, -0.1) is 0 Å². The van der Waals surface area contributed by atoms with Crippen LogP contribution in [0.4, 0.5) is 0 Å². The van der Waals surface area contributed by atoms with Crippen molar-refractivity contribution in [3.05, 3.63) is 24.3 Å². The number of ether oxygens (including phenoxy) is 2. The molecule has 0 saturated carbocycles.